The van der Waals surface area contributed by atoms with E-state index in [-0.39, 0.29) is 17.0 Å². The van der Waals surface area contributed by atoms with Crippen molar-refractivity contribution in [2.75, 3.05) is 0 Å². The van der Waals surface area contributed by atoms with Gasteiger partial charge < -0.3 is 10.3 Å². The number of thiophene rings is 1. The van der Waals surface area contributed by atoms with Gasteiger partial charge in [-0.2, -0.15) is 0 Å². The summed E-state index contributed by atoms with van der Waals surface area (Å²) in [5, 5.41) is 6.31. The average molecular weight is 487 g/mol. The van der Waals surface area contributed by atoms with E-state index in [0.29, 0.717) is 10.5 Å². The highest BCUT2D eigenvalue weighted by atomic mass is 32.2. The minimum atomic E-state index is -0.553. The monoisotopic (exact) mass is 486 g/mol. The number of thioether (sulfide) groups is 1. The predicted molar refractivity (Wildman–Crippen MR) is 130 cm³/mol. The molecule has 4 bridgehead atoms. The van der Waals surface area contributed by atoms with Crippen molar-refractivity contribution in [1.29, 1.82) is 0 Å². The molecule has 4 saturated carbocycles. The number of aryl methyl sites for hydroxylation is 2. The molecule has 2 heterocycles. The lowest BCUT2D eigenvalue weighted by atomic mass is 9.53. The van der Waals surface area contributed by atoms with Crippen molar-refractivity contribution in [3.8, 4) is 0 Å². The van der Waals surface area contributed by atoms with E-state index in [1.54, 1.807) is 18.3 Å². The van der Waals surface area contributed by atoms with Crippen LogP contribution in [-0.4, -0.2) is 32.7 Å². The Labute approximate surface area is 200 Å². The summed E-state index contributed by atoms with van der Waals surface area (Å²) in [7, 11) is 0. The smallest absolute Gasteiger partial charge is 0.321 e. The van der Waals surface area contributed by atoms with Crippen LogP contribution >= 0.6 is 23.1 Å². The second-order valence-corrected chi connectivity index (χ2v) is 13.1. The maximum absolute atomic E-state index is 12.7. The van der Waals surface area contributed by atoms with Crippen molar-refractivity contribution >= 4 is 45.3 Å². The fraction of sp³-hybridized carbons (Fsp3) is 0.667. The van der Waals surface area contributed by atoms with Gasteiger partial charge in [0.1, 0.15) is 4.83 Å². The number of aromatic amines is 1. The topological polar surface area (TPSA) is 104 Å². The van der Waals surface area contributed by atoms with Crippen LogP contribution in [0, 0.1) is 17.8 Å². The number of amides is 3. The summed E-state index contributed by atoms with van der Waals surface area (Å²) in [4.78, 5) is 47.7. The number of aromatic nitrogens is 2. The highest BCUT2D eigenvalue weighted by Gasteiger charge is 2.51. The van der Waals surface area contributed by atoms with Crippen molar-refractivity contribution in [3.63, 3.8) is 0 Å². The van der Waals surface area contributed by atoms with Crippen molar-refractivity contribution in [2.24, 2.45) is 17.8 Å². The van der Waals surface area contributed by atoms with Crippen molar-refractivity contribution in [2.45, 2.75) is 87.1 Å². The van der Waals surface area contributed by atoms with Crippen molar-refractivity contribution < 1.29 is 9.59 Å². The summed E-state index contributed by atoms with van der Waals surface area (Å²) < 4.78 is 0. The molecule has 5 aliphatic rings. The number of imide groups is 1. The number of hydrogen-bond donors (Lipinski definition) is 3. The van der Waals surface area contributed by atoms with Crippen molar-refractivity contribution in [3.05, 3.63) is 20.8 Å². The minimum Gasteiger partial charge on any atom is -0.332 e. The molecule has 9 heteroatoms. The summed E-state index contributed by atoms with van der Waals surface area (Å²) >= 11 is 2.78. The van der Waals surface area contributed by atoms with Gasteiger partial charge in [-0.15, -0.1) is 11.3 Å². The van der Waals surface area contributed by atoms with Crippen LogP contribution in [0.2, 0.25) is 0 Å². The Kier molecular flexibility index (Phi) is 5.32. The maximum atomic E-state index is 12.7. The molecule has 0 aliphatic heterocycles. The van der Waals surface area contributed by atoms with Crippen LogP contribution in [0.25, 0.3) is 10.2 Å². The van der Waals surface area contributed by atoms with Gasteiger partial charge in [0.2, 0.25) is 5.91 Å². The third kappa shape index (κ3) is 4.01. The van der Waals surface area contributed by atoms with Gasteiger partial charge >= 0.3 is 6.03 Å². The molecule has 7 nitrogen and oxygen atoms in total. The molecule has 2 aromatic heterocycles. The lowest BCUT2D eigenvalue weighted by molar-refractivity contribution is -0.119. The Balaban J connectivity index is 1.11. The molecule has 33 heavy (non-hydrogen) atoms. The average Bonchev–Trinajstić information content (AvgIpc) is 3.11. The normalized spacial score (nSPS) is 30.8. The molecule has 7 rings (SSSR count). The number of urea groups is 1. The highest BCUT2D eigenvalue weighted by Crippen LogP contribution is 2.55. The standard InChI is InChI=1S/C24H30N4O3S2/c1-12(32-23-26-20(30)18-16-4-2-3-5-17(16)33-21(18)27-23)19(29)25-22(31)28-24-9-13-6-14(10-24)8-15(7-13)11-24/h12-15H,2-11H2,1H3,(H,26,27,30)(H2,25,28,29,31). The first kappa shape index (κ1) is 21.6. The quantitative estimate of drug-likeness (QED) is 0.445. The zero-order valence-corrected chi connectivity index (χ0v) is 20.5. The van der Waals surface area contributed by atoms with Gasteiger partial charge in [0.25, 0.3) is 5.56 Å². The number of carbonyl (C=O) groups excluding carboxylic acids is 2. The number of fused-ring (bicyclic) bond motifs is 3. The lowest BCUT2D eigenvalue weighted by Crippen LogP contribution is -2.62. The molecule has 0 spiro atoms. The van der Waals surface area contributed by atoms with Gasteiger partial charge in [-0.25, -0.2) is 9.78 Å². The Hall–Kier alpha value is -1.87. The molecule has 1 unspecified atom stereocenters. The van der Waals surface area contributed by atoms with Crippen LogP contribution < -0.4 is 16.2 Å². The first-order valence-corrected chi connectivity index (χ1v) is 13.9. The summed E-state index contributed by atoms with van der Waals surface area (Å²) in [6.45, 7) is 1.74. The van der Waals surface area contributed by atoms with Crippen LogP contribution in [0.15, 0.2) is 9.95 Å². The first-order valence-electron chi connectivity index (χ1n) is 12.2. The minimum absolute atomic E-state index is 0.130. The summed E-state index contributed by atoms with van der Waals surface area (Å²) in [6.07, 6.45) is 11.2. The number of H-pyrrole nitrogens is 1. The van der Waals surface area contributed by atoms with Gasteiger partial charge in [-0.05, 0) is 94.4 Å². The molecule has 4 fully saturated rings. The van der Waals surface area contributed by atoms with E-state index in [9.17, 15) is 14.4 Å². The lowest BCUT2D eigenvalue weighted by Gasteiger charge is -2.56. The Morgan fingerprint density at radius 1 is 1.12 bits per heavy atom. The first-order chi connectivity index (χ1) is 15.9. The van der Waals surface area contributed by atoms with E-state index in [0.717, 1.165) is 73.1 Å². The van der Waals surface area contributed by atoms with Crippen LogP contribution in [0.5, 0.6) is 0 Å². The van der Waals surface area contributed by atoms with E-state index >= 15 is 0 Å². The van der Waals surface area contributed by atoms with Gasteiger partial charge in [0.15, 0.2) is 5.16 Å². The van der Waals surface area contributed by atoms with E-state index in [1.165, 1.54) is 35.9 Å². The Morgan fingerprint density at radius 3 is 2.48 bits per heavy atom. The van der Waals surface area contributed by atoms with Crippen LogP contribution in [-0.2, 0) is 17.6 Å². The molecule has 1 atom stereocenters. The molecule has 3 amide bonds. The second kappa shape index (κ2) is 8.12. The molecule has 0 saturated heterocycles. The summed E-state index contributed by atoms with van der Waals surface area (Å²) in [5.41, 5.74) is 0.888. The zero-order valence-electron chi connectivity index (χ0n) is 18.9. The fourth-order valence-electron chi connectivity index (χ4n) is 7.17. The number of rotatable bonds is 4. The van der Waals surface area contributed by atoms with Crippen LogP contribution in [0.1, 0.15) is 68.7 Å². The third-order valence-electron chi connectivity index (χ3n) is 8.11. The molecule has 5 aliphatic carbocycles. The van der Waals surface area contributed by atoms with E-state index in [2.05, 4.69) is 20.6 Å². The molecular formula is C24H30N4O3S2. The number of hydrogen-bond acceptors (Lipinski definition) is 6. The Bertz CT molecular complexity index is 1150. The summed E-state index contributed by atoms with van der Waals surface area (Å²) in [6, 6.07) is -0.391. The Morgan fingerprint density at radius 2 is 1.79 bits per heavy atom. The molecular weight excluding hydrogens is 456 g/mol. The third-order valence-corrected chi connectivity index (χ3v) is 10.3. The maximum Gasteiger partial charge on any atom is 0.321 e. The van der Waals surface area contributed by atoms with Crippen molar-refractivity contribution in [1.82, 2.24) is 20.6 Å². The largest absolute Gasteiger partial charge is 0.332 e. The molecule has 176 valence electrons. The van der Waals surface area contributed by atoms with Gasteiger partial charge in [0, 0.05) is 10.4 Å². The van der Waals surface area contributed by atoms with E-state index in [4.69, 9.17) is 0 Å². The summed E-state index contributed by atoms with van der Waals surface area (Å²) in [5.74, 6) is 1.81. The van der Waals surface area contributed by atoms with Crippen LogP contribution in [0.3, 0.4) is 0 Å². The van der Waals surface area contributed by atoms with Crippen LogP contribution in [0.4, 0.5) is 4.79 Å². The zero-order chi connectivity index (χ0) is 22.7. The van der Waals surface area contributed by atoms with Gasteiger partial charge in [0.05, 0.1) is 10.6 Å². The molecule has 0 radical (unpaired) electrons. The van der Waals surface area contributed by atoms with Gasteiger partial charge in [-0.1, -0.05) is 11.8 Å². The molecule has 3 N–H and O–H groups in total. The second-order valence-electron chi connectivity index (χ2n) is 10.7. The number of nitrogens with one attached hydrogen (secondary N) is 3. The number of nitrogens with zero attached hydrogens (tertiary/aromatic N) is 1. The fourth-order valence-corrected chi connectivity index (χ4v) is 9.29. The SMILES string of the molecule is CC(Sc1nc2sc3c(c2c(=O)[nH]1)CCCC3)C(=O)NC(=O)NC12CC3CC(CC(C3)C1)C2. The molecule has 2 aromatic rings. The van der Waals surface area contributed by atoms with E-state index in [1.807, 2.05) is 0 Å². The predicted octanol–water partition coefficient (Wildman–Crippen LogP) is 4.14. The van der Waals surface area contributed by atoms with Gasteiger partial charge in [-0.3, -0.25) is 14.9 Å². The van der Waals surface area contributed by atoms with E-state index < -0.39 is 11.3 Å². The highest BCUT2D eigenvalue weighted by molar-refractivity contribution is 8.00. The molecule has 0 aromatic carbocycles. The number of carbonyl (C=O) groups is 2.